The number of hydrogen-bond acceptors (Lipinski definition) is 17. The van der Waals surface area contributed by atoms with Crippen LogP contribution < -0.4 is 31.4 Å². The van der Waals surface area contributed by atoms with E-state index in [1.54, 1.807) is 14.2 Å². The zero-order valence-corrected chi connectivity index (χ0v) is 42.3. The summed E-state index contributed by atoms with van der Waals surface area (Å²) in [6, 6.07) is 30.5. The number of carbonyl (C=O) groups excluding carboxylic acids is 2. The molecule has 4 aromatic rings. The standard InChI is InChI=1S/C51H58N9O12P/c1-35(2)60(36(3)4)73(70-31-13-27-54)72-43-32-45(59-33-37(46(61)56-48(59)62)14-10-28-55-47(57-49(63)67-29-11-25-52)58-50(64)68-30-12-26-53)71-44(43)34-69-51(38-15-8-7-9-16-38,39-17-21-41(65-5)22-18-39)40-19-23-42(66-6)24-20-40/h7-9,15-24,33,35-36,43-45H,11-13,28-32,34H2,1-6H3,(H,56,61,62)(H2,55,57,58,63,64)/t43-,44+,45+,73?/m0/s1. The fourth-order valence-corrected chi connectivity index (χ4v) is 9.38. The molecule has 0 bridgehead atoms. The minimum atomic E-state index is -1.83. The molecule has 2 amide bonds. The van der Waals surface area contributed by atoms with E-state index in [9.17, 15) is 24.4 Å². The van der Waals surface area contributed by atoms with Gasteiger partial charge in [-0.2, -0.15) is 15.8 Å². The lowest BCUT2D eigenvalue weighted by Gasteiger charge is -2.39. The van der Waals surface area contributed by atoms with Gasteiger partial charge in [0.2, 0.25) is 5.96 Å². The number of hydrogen-bond donors (Lipinski definition) is 3. The minimum absolute atomic E-state index is 0.0432. The van der Waals surface area contributed by atoms with Gasteiger partial charge in [-0.25, -0.2) is 24.0 Å². The normalized spacial score (nSPS) is 15.5. The molecule has 22 heteroatoms. The third-order valence-electron chi connectivity index (χ3n) is 10.9. The van der Waals surface area contributed by atoms with Crippen molar-refractivity contribution in [2.75, 3.05) is 47.2 Å². The molecule has 1 aliphatic heterocycles. The van der Waals surface area contributed by atoms with Gasteiger partial charge in [-0.05, 0) is 68.7 Å². The number of nitriles is 3. The number of aromatic amines is 1. The lowest BCUT2D eigenvalue weighted by molar-refractivity contribution is -0.0925. The molecule has 1 aliphatic rings. The van der Waals surface area contributed by atoms with Gasteiger partial charge in [0.15, 0.2) is 0 Å². The van der Waals surface area contributed by atoms with Crippen LogP contribution in [0.2, 0.25) is 0 Å². The number of nitrogens with zero attached hydrogens (tertiary/aromatic N) is 6. The maximum absolute atomic E-state index is 13.7. The Kier molecular flexibility index (Phi) is 22.0. The van der Waals surface area contributed by atoms with Gasteiger partial charge >= 0.3 is 17.9 Å². The first-order valence-corrected chi connectivity index (χ1v) is 24.3. The number of aromatic nitrogens is 2. The van der Waals surface area contributed by atoms with E-state index in [1.807, 2.05) is 119 Å². The number of alkyl carbamates (subject to hydrolysis) is 2. The highest BCUT2D eigenvalue weighted by molar-refractivity contribution is 7.44. The summed E-state index contributed by atoms with van der Waals surface area (Å²) in [5, 5.41) is 31.4. The van der Waals surface area contributed by atoms with Crippen LogP contribution in [0.3, 0.4) is 0 Å². The van der Waals surface area contributed by atoms with Crippen molar-refractivity contribution in [1.82, 2.24) is 24.9 Å². The number of amides is 2. The number of ether oxygens (including phenoxy) is 6. The van der Waals surface area contributed by atoms with Gasteiger partial charge in [0.25, 0.3) is 14.1 Å². The van der Waals surface area contributed by atoms with Crippen LogP contribution in [0.4, 0.5) is 9.59 Å². The molecule has 2 heterocycles. The molecule has 1 unspecified atom stereocenters. The van der Waals surface area contributed by atoms with Crippen molar-refractivity contribution >= 4 is 26.7 Å². The number of benzene rings is 3. The average Bonchev–Trinajstić information content (AvgIpc) is 3.78. The molecule has 5 rings (SSSR count). The van der Waals surface area contributed by atoms with Gasteiger partial charge in [0.1, 0.15) is 54.8 Å². The van der Waals surface area contributed by atoms with E-state index < -0.39 is 68.5 Å². The van der Waals surface area contributed by atoms with Gasteiger partial charge in [-0.1, -0.05) is 66.4 Å². The summed E-state index contributed by atoms with van der Waals surface area (Å²) in [5.41, 5.74) is -0.709. The Hall–Kier alpha value is -7.59. The average molecular weight is 1020 g/mol. The summed E-state index contributed by atoms with van der Waals surface area (Å²) in [6.45, 7) is 7.17. The van der Waals surface area contributed by atoms with Gasteiger partial charge < -0.3 is 37.5 Å². The van der Waals surface area contributed by atoms with Crippen molar-refractivity contribution in [3.05, 3.63) is 128 Å². The highest BCUT2D eigenvalue weighted by Gasteiger charge is 2.45. The second-order valence-corrected chi connectivity index (χ2v) is 17.8. The second-order valence-electron chi connectivity index (χ2n) is 16.4. The zero-order chi connectivity index (χ0) is 52.8. The van der Waals surface area contributed by atoms with Gasteiger partial charge in [0.05, 0.1) is 71.0 Å². The van der Waals surface area contributed by atoms with Crippen LogP contribution in [0, 0.1) is 45.8 Å². The molecule has 0 saturated carbocycles. The molecule has 1 fully saturated rings. The number of H-pyrrole nitrogens is 1. The summed E-state index contributed by atoms with van der Waals surface area (Å²) in [7, 11) is 1.34. The molecule has 21 nitrogen and oxygen atoms in total. The maximum Gasteiger partial charge on any atom is 0.413 e. The van der Waals surface area contributed by atoms with E-state index >= 15 is 0 Å². The quantitative estimate of drug-likeness (QED) is 0.0189. The second kappa shape index (κ2) is 28.4. The Morgan fingerprint density at radius 2 is 1.36 bits per heavy atom. The van der Waals surface area contributed by atoms with Crippen molar-refractivity contribution in [3.63, 3.8) is 0 Å². The Morgan fingerprint density at radius 1 is 0.822 bits per heavy atom. The summed E-state index contributed by atoms with van der Waals surface area (Å²) in [6.07, 6.45) is -3.53. The molecular weight excluding hydrogens is 962 g/mol. The highest BCUT2D eigenvalue weighted by atomic mass is 31.2. The summed E-state index contributed by atoms with van der Waals surface area (Å²) < 4.78 is 51.4. The number of aliphatic imine (C=N–C) groups is 1. The van der Waals surface area contributed by atoms with Crippen LogP contribution in [0.15, 0.2) is 99.6 Å². The lowest BCUT2D eigenvalue weighted by atomic mass is 9.80. The highest BCUT2D eigenvalue weighted by Crippen LogP contribution is 2.50. The van der Waals surface area contributed by atoms with Crippen LogP contribution in [-0.4, -0.2) is 104 Å². The first kappa shape index (κ1) is 56.3. The lowest BCUT2D eigenvalue weighted by Crippen LogP contribution is -2.44. The predicted molar refractivity (Wildman–Crippen MR) is 267 cm³/mol. The Morgan fingerprint density at radius 3 is 1.88 bits per heavy atom. The van der Waals surface area contributed by atoms with Gasteiger partial charge in [-0.3, -0.25) is 25.0 Å². The minimum Gasteiger partial charge on any atom is -0.497 e. The first-order valence-electron chi connectivity index (χ1n) is 23.2. The molecule has 384 valence electrons. The smallest absolute Gasteiger partial charge is 0.413 e. The van der Waals surface area contributed by atoms with Crippen molar-refractivity contribution in [2.24, 2.45) is 4.99 Å². The topological polar surface area (TPSA) is 274 Å². The van der Waals surface area contributed by atoms with Crippen molar-refractivity contribution in [2.45, 2.75) is 89.5 Å². The Labute approximate surface area is 424 Å². The molecule has 3 aromatic carbocycles. The Balaban J connectivity index is 1.55. The summed E-state index contributed by atoms with van der Waals surface area (Å²) in [5.74, 6) is 6.21. The number of rotatable bonds is 22. The van der Waals surface area contributed by atoms with E-state index in [0.717, 1.165) is 16.7 Å². The summed E-state index contributed by atoms with van der Waals surface area (Å²) in [4.78, 5) is 58.0. The number of nitrogens with one attached hydrogen (secondary N) is 3. The molecule has 1 aromatic heterocycles. The van der Waals surface area contributed by atoms with Crippen LogP contribution in [0.5, 0.6) is 11.5 Å². The van der Waals surface area contributed by atoms with Crippen LogP contribution in [-0.2, 0) is 33.6 Å². The van der Waals surface area contributed by atoms with E-state index in [4.69, 9.17) is 48.0 Å². The number of carbonyl (C=O) groups is 2. The van der Waals surface area contributed by atoms with Gasteiger partial charge in [-0.15, -0.1) is 0 Å². The number of methoxy groups -OCH3 is 2. The largest absolute Gasteiger partial charge is 0.497 e. The van der Waals surface area contributed by atoms with Crippen molar-refractivity contribution in [3.8, 4) is 41.5 Å². The summed E-state index contributed by atoms with van der Waals surface area (Å²) >= 11 is 0. The van der Waals surface area contributed by atoms with Gasteiger partial charge in [0, 0.05) is 24.7 Å². The Bertz CT molecular complexity index is 2700. The predicted octanol–water partition coefficient (Wildman–Crippen LogP) is 6.50. The molecule has 73 heavy (non-hydrogen) atoms. The molecular formula is C51H58N9O12P. The van der Waals surface area contributed by atoms with E-state index in [2.05, 4.69) is 43.2 Å². The van der Waals surface area contributed by atoms with Crippen molar-refractivity contribution in [1.29, 1.82) is 15.8 Å². The monoisotopic (exact) mass is 1020 g/mol. The van der Waals surface area contributed by atoms with Crippen LogP contribution >= 0.6 is 8.53 Å². The van der Waals surface area contributed by atoms with E-state index in [-0.39, 0.29) is 69.8 Å². The first-order chi connectivity index (χ1) is 35.3. The molecule has 1 saturated heterocycles. The van der Waals surface area contributed by atoms with E-state index in [0.29, 0.717) is 11.5 Å². The molecule has 0 aliphatic carbocycles. The number of guanidine groups is 1. The SMILES string of the molecule is COc1ccc(C(OC[C@H]2O[C@@H](n3cc(C#CCN=C(NC(=O)OCCC#N)NC(=O)OCCC#N)c(=O)[nH]c3=O)C[C@@H]2OP(OCCC#N)N(C(C)C)C(C)C)(c2ccccc2)c2ccc(OC)cc2)cc1. The molecule has 0 spiro atoms. The zero-order valence-electron chi connectivity index (χ0n) is 41.4. The van der Waals surface area contributed by atoms with Crippen LogP contribution in [0.1, 0.15) is 81.9 Å². The van der Waals surface area contributed by atoms with Crippen LogP contribution in [0.25, 0.3) is 0 Å². The fourth-order valence-electron chi connectivity index (χ4n) is 7.62. The third-order valence-corrected chi connectivity index (χ3v) is 13.0. The third kappa shape index (κ3) is 15.7. The molecule has 4 atom stereocenters. The molecule has 3 N–H and O–H groups in total. The molecule has 0 radical (unpaired) electrons. The van der Waals surface area contributed by atoms with Crippen molar-refractivity contribution < 1.29 is 47.1 Å². The van der Waals surface area contributed by atoms with E-state index in [1.165, 1.54) is 10.8 Å². The maximum atomic E-state index is 13.7. The fraction of sp³-hybridized carbons (Fsp3) is 0.412.